The Kier molecular flexibility index (Phi) is 2.83. The van der Waals surface area contributed by atoms with Crippen molar-refractivity contribution in [3.63, 3.8) is 0 Å². The van der Waals surface area contributed by atoms with Gasteiger partial charge in [-0.25, -0.2) is 9.78 Å². The highest BCUT2D eigenvalue weighted by atomic mass is 19.4. The standard InChI is InChI=1S/C8H7F3N2O2/c1-4-2-5(8(9,10)11)13-6(3-4)15-7(12)14/h2-3H,1H3,(H2,12,14). The maximum Gasteiger partial charge on any atom is 0.433 e. The Labute approximate surface area is 82.9 Å². The molecule has 0 aromatic carbocycles. The Hall–Kier alpha value is -1.79. The van der Waals surface area contributed by atoms with Crippen LogP contribution in [-0.2, 0) is 6.18 Å². The summed E-state index contributed by atoms with van der Waals surface area (Å²) >= 11 is 0. The number of pyridine rings is 1. The molecule has 0 bridgehead atoms. The van der Waals surface area contributed by atoms with Crippen LogP contribution >= 0.6 is 0 Å². The van der Waals surface area contributed by atoms with Gasteiger partial charge in [0, 0.05) is 6.07 Å². The van der Waals surface area contributed by atoms with Gasteiger partial charge in [-0.2, -0.15) is 13.2 Å². The van der Waals surface area contributed by atoms with Gasteiger partial charge in [-0.3, -0.25) is 0 Å². The molecule has 1 aromatic heterocycles. The van der Waals surface area contributed by atoms with E-state index in [1.54, 1.807) is 0 Å². The molecule has 0 fully saturated rings. The van der Waals surface area contributed by atoms with Crippen LogP contribution in [0.2, 0.25) is 0 Å². The number of aromatic nitrogens is 1. The molecule has 7 heteroatoms. The van der Waals surface area contributed by atoms with Crippen molar-refractivity contribution >= 4 is 6.09 Å². The summed E-state index contributed by atoms with van der Waals surface area (Å²) < 4.78 is 41.0. The molecule has 0 unspecified atom stereocenters. The van der Waals surface area contributed by atoms with E-state index in [2.05, 4.69) is 15.5 Å². The predicted molar refractivity (Wildman–Crippen MR) is 44.2 cm³/mol. The maximum absolute atomic E-state index is 12.3. The van der Waals surface area contributed by atoms with E-state index in [0.717, 1.165) is 6.07 Å². The lowest BCUT2D eigenvalue weighted by atomic mass is 10.2. The molecule has 82 valence electrons. The molecule has 15 heavy (non-hydrogen) atoms. The minimum absolute atomic E-state index is 0.272. The number of amides is 1. The summed E-state index contributed by atoms with van der Waals surface area (Å²) in [7, 11) is 0. The average molecular weight is 220 g/mol. The topological polar surface area (TPSA) is 65.2 Å². The van der Waals surface area contributed by atoms with E-state index in [0.29, 0.717) is 0 Å². The van der Waals surface area contributed by atoms with Crippen molar-refractivity contribution in [2.45, 2.75) is 13.1 Å². The highest BCUT2D eigenvalue weighted by Crippen LogP contribution is 2.29. The Bertz CT molecular complexity index is 390. The third kappa shape index (κ3) is 3.12. The van der Waals surface area contributed by atoms with Crippen molar-refractivity contribution in [1.82, 2.24) is 4.98 Å². The number of hydrogen-bond acceptors (Lipinski definition) is 3. The first kappa shape index (κ1) is 11.3. The van der Waals surface area contributed by atoms with Gasteiger partial charge in [0.15, 0.2) is 0 Å². The number of nitrogens with zero attached hydrogens (tertiary/aromatic N) is 1. The number of carbonyl (C=O) groups is 1. The summed E-state index contributed by atoms with van der Waals surface area (Å²) in [6.45, 7) is 1.42. The monoisotopic (exact) mass is 220 g/mol. The van der Waals surface area contributed by atoms with Gasteiger partial charge in [-0.1, -0.05) is 0 Å². The fourth-order valence-corrected chi connectivity index (χ4v) is 0.936. The van der Waals surface area contributed by atoms with Gasteiger partial charge in [-0.15, -0.1) is 0 Å². The Balaban J connectivity index is 3.11. The molecule has 1 heterocycles. The molecule has 0 saturated carbocycles. The second-order valence-electron chi connectivity index (χ2n) is 2.79. The molecule has 1 rings (SSSR count). The van der Waals surface area contributed by atoms with Crippen molar-refractivity contribution in [3.05, 3.63) is 23.4 Å². The van der Waals surface area contributed by atoms with E-state index in [1.807, 2.05) is 0 Å². The summed E-state index contributed by atoms with van der Waals surface area (Å²) in [5.74, 6) is -0.463. The smallest absolute Gasteiger partial charge is 0.391 e. The van der Waals surface area contributed by atoms with E-state index in [9.17, 15) is 18.0 Å². The van der Waals surface area contributed by atoms with Crippen LogP contribution in [0.1, 0.15) is 11.3 Å². The zero-order valence-electron chi connectivity index (χ0n) is 7.63. The number of nitrogens with two attached hydrogens (primary N) is 1. The Morgan fingerprint density at radius 2 is 2.07 bits per heavy atom. The molecule has 0 atom stereocenters. The third-order valence-corrected chi connectivity index (χ3v) is 1.44. The third-order valence-electron chi connectivity index (χ3n) is 1.44. The van der Waals surface area contributed by atoms with Crippen molar-refractivity contribution < 1.29 is 22.7 Å². The van der Waals surface area contributed by atoms with E-state index < -0.39 is 23.8 Å². The lowest BCUT2D eigenvalue weighted by Crippen LogP contribution is -2.18. The van der Waals surface area contributed by atoms with Gasteiger partial charge in [0.1, 0.15) is 5.69 Å². The van der Waals surface area contributed by atoms with E-state index >= 15 is 0 Å². The molecule has 0 radical (unpaired) electrons. The minimum Gasteiger partial charge on any atom is -0.391 e. The van der Waals surface area contributed by atoms with Crippen molar-refractivity contribution in [2.24, 2.45) is 5.73 Å². The molecular weight excluding hydrogens is 213 g/mol. The summed E-state index contributed by atoms with van der Waals surface area (Å²) in [4.78, 5) is 13.4. The molecule has 1 amide bonds. The summed E-state index contributed by atoms with van der Waals surface area (Å²) in [6, 6.07) is 2.02. The SMILES string of the molecule is Cc1cc(OC(N)=O)nc(C(F)(F)F)c1. The summed E-state index contributed by atoms with van der Waals surface area (Å²) in [5, 5.41) is 0. The van der Waals surface area contributed by atoms with Gasteiger partial charge >= 0.3 is 12.3 Å². The number of rotatable bonds is 1. The molecule has 2 N–H and O–H groups in total. The zero-order chi connectivity index (χ0) is 11.6. The number of ether oxygens (including phenoxy) is 1. The van der Waals surface area contributed by atoms with Gasteiger partial charge in [0.25, 0.3) is 0 Å². The van der Waals surface area contributed by atoms with Gasteiger partial charge in [-0.05, 0) is 18.6 Å². The van der Waals surface area contributed by atoms with Crippen molar-refractivity contribution in [3.8, 4) is 5.88 Å². The van der Waals surface area contributed by atoms with Gasteiger partial charge in [0.05, 0.1) is 0 Å². The van der Waals surface area contributed by atoms with Crippen LogP contribution in [0.4, 0.5) is 18.0 Å². The second-order valence-corrected chi connectivity index (χ2v) is 2.79. The average Bonchev–Trinajstić information content (AvgIpc) is 1.99. The number of alkyl halides is 3. The lowest BCUT2D eigenvalue weighted by Gasteiger charge is -2.08. The van der Waals surface area contributed by atoms with Crippen molar-refractivity contribution in [2.75, 3.05) is 0 Å². The first-order valence-corrected chi connectivity index (χ1v) is 3.82. The van der Waals surface area contributed by atoms with E-state index in [-0.39, 0.29) is 5.56 Å². The maximum atomic E-state index is 12.3. The first-order valence-electron chi connectivity index (χ1n) is 3.82. The molecular formula is C8H7F3N2O2. The van der Waals surface area contributed by atoms with Crippen LogP contribution in [0.5, 0.6) is 5.88 Å². The molecule has 4 nitrogen and oxygen atoms in total. The lowest BCUT2D eigenvalue weighted by molar-refractivity contribution is -0.141. The number of hydrogen-bond donors (Lipinski definition) is 1. The van der Waals surface area contributed by atoms with Gasteiger partial charge < -0.3 is 10.5 Å². The molecule has 0 aliphatic carbocycles. The molecule has 0 spiro atoms. The fourth-order valence-electron chi connectivity index (χ4n) is 0.936. The summed E-state index contributed by atoms with van der Waals surface area (Å²) in [5.41, 5.74) is 3.80. The highest BCUT2D eigenvalue weighted by molar-refractivity contribution is 5.67. The van der Waals surface area contributed by atoms with Crippen LogP contribution in [-0.4, -0.2) is 11.1 Å². The number of halogens is 3. The van der Waals surface area contributed by atoms with Gasteiger partial charge in [0.2, 0.25) is 5.88 Å². The quantitative estimate of drug-likeness (QED) is 0.785. The molecule has 0 saturated heterocycles. The fraction of sp³-hybridized carbons (Fsp3) is 0.250. The largest absolute Gasteiger partial charge is 0.433 e. The predicted octanol–water partition coefficient (Wildman–Crippen LogP) is 1.87. The molecule has 0 aliphatic heterocycles. The normalized spacial score (nSPS) is 11.2. The number of carbonyl (C=O) groups excluding carboxylic acids is 1. The Morgan fingerprint density at radius 3 is 2.53 bits per heavy atom. The minimum atomic E-state index is -4.58. The number of primary amides is 1. The van der Waals surface area contributed by atoms with E-state index in [4.69, 9.17) is 0 Å². The van der Waals surface area contributed by atoms with E-state index in [1.165, 1.54) is 13.0 Å². The Morgan fingerprint density at radius 1 is 1.47 bits per heavy atom. The first-order chi connectivity index (χ1) is 6.79. The summed E-state index contributed by atoms with van der Waals surface area (Å²) in [6.07, 6.45) is -5.79. The van der Waals surface area contributed by atoms with Crippen molar-refractivity contribution in [1.29, 1.82) is 0 Å². The molecule has 1 aromatic rings. The zero-order valence-corrected chi connectivity index (χ0v) is 7.63. The van der Waals surface area contributed by atoms with Crippen LogP contribution in [0.15, 0.2) is 12.1 Å². The number of aryl methyl sites for hydroxylation is 1. The van der Waals surface area contributed by atoms with Crippen LogP contribution in [0.3, 0.4) is 0 Å². The van der Waals surface area contributed by atoms with Crippen LogP contribution < -0.4 is 10.5 Å². The molecule has 0 aliphatic rings. The highest BCUT2D eigenvalue weighted by Gasteiger charge is 2.33. The second kappa shape index (κ2) is 3.76. The van der Waals surface area contributed by atoms with Crippen LogP contribution in [0, 0.1) is 6.92 Å². The van der Waals surface area contributed by atoms with Crippen LogP contribution in [0.25, 0.3) is 0 Å².